The van der Waals surface area contributed by atoms with E-state index < -0.39 is 29.8 Å². The van der Waals surface area contributed by atoms with E-state index in [1.807, 2.05) is 0 Å². The third-order valence-electron chi connectivity index (χ3n) is 3.43. The molecule has 0 bridgehead atoms. The van der Waals surface area contributed by atoms with E-state index in [-0.39, 0.29) is 29.0 Å². The van der Waals surface area contributed by atoms with E-state index in [1.165, 1.54) is 6.07 Å². The highest BCUT2D eigenvalue weighted by Gasteiger charge is 2.40. The molecule has 22 heavy (non-hydrogen) atoms. The Hall–Kier alpha value is -2.70. The Labute approximate surface area is 126 Å². The van der Waals surface area contributed by atoms with Crippen molar-refractivity contribution in [1.82, 2.24) is 4.90 Å². The molecule has 2 amide bonds. The van der Waals surface area contributed by atoms with Crippen LogP contribution in [0, 0.1) is 5.92 Å². The van der Waals surface area contributed by atoms with Crippen LogP contribution in [-0.2, 0) is 4.79 Å². The SMILES string of the molecule is CC(C)C[C@H](C(=O)[O-])N1C(=O)c2ccc(C(=O)[O-])cc2C1=O. The highest BCUT2D eigenvalue weighted by Crippen LogP contribution is 2.27. The number of carboxylic acids is 2. The standard InChI is InChI=1S/C15H15NO6/c1-7(2)5-11(15(21)22)16-12(17)9-4-3-8(14(19)20)6-10(9)13(16)18/h3-4,6-7,11H,5H2,1-2H3,(H,19,20)(H,21,22)/p-2/t11-/m1/s1. The van der Waals surface area contributed by atoms with Gasteiger partial charge < -0.3 is 19.8 Å². The Morgan fingerprint density at radius 3 is 2.18 bits per heavy atom. The van der Waals surface area contributed by atoms with Gasteiger partial charge in [-0.15, -0.1) is 0 Å². The summed E-state index contributed by atoms with van der Waals surface area (Å²) in [6.07, 6.45) is 0.0567. The number of aromatic carboxylic acids is 1. The average Bonchev–Trinajstić information content (AvgIpc) is 2.67. The molecule has 1 aromatic carbocycles. The highest BCUT2D eigenvalue weighted by molar-refractivity contribution is 6.23. The second-order valence-corrected chi connectivity index (χ2v) is 5.49. The van der Waals surface area contributed by atoms with Gasteiger partial charge in [0.15, 0.2) is 0 Å². The predicted molar refractivity (Wildman–Crippen MR) is 69.5 cm³/mol. The zero-order valence-electron chi connectivity index (χ0n) is 12.0. The lowest BCUT2D eigenvalue weighted by atomic mass is 10.0. The van der Waals surface area contributed by atoms with E-state index in [0.717, 1.165) is 12.1 Å². The smallest absolute Gasteiger partial charge is 0.262 e. The largest absolute Gasteiger partial charge is 0.548 e. The fraction of sp³-hybridized carbons (Fsp3) is 0.333. The molecule has 116 valence electrons. The van der Waals surface area contributed by atoms with Crippen LogP contribution in [0.2, 0.25) is 0 Å². The third-order valence-corrected chi connectivity index (χ3v) is 3.43. The molecule has 1 aromatic rings. The fourth-order valence-corrected chi connectivity index (χ4v) is 2.42. The summed E-state index contributed by atoms with van der Waals surface area (Å²) in [6, 6.07) is 1.95. The molecule has 1 heterocycles. The van der Waals surface area contributed by atoms with Crippen LogP contribution in [0.15, 0.2) is 18.2 Å². The monoisotopic (exact) mass is 303 g/mol. The summed E-state index contributed by atoms with van der Waals surface area (Å²) in [7, 11) is 0. The van der Waals surface area contributed by atoms with E-state index >= 15 is 0 Å². The molecular formula is C15H13NO6-2. The summed E-state index contributed by atoms with van der Waals surface area (Å²) in [5.41, 5.74) is -0.415. The molecule has 0 unspecified atom stereocenters. The second kappa shape index (κ2) is 5.59. The van der Waals surface area contributed by atoms with Gasteiger partial charge in [0.05, 0.1) is 29.1 Å². The number of imide groups is 1. The summed E-state index contributed by atoms with van der Waals surface area (Å²) in [5.74, 6) is -4.69. The number of aliphatic carboxylic acids is 1. The number of nitrogens with zero attached hydrogens (tertiary/aromatic N) is 1. The highest BCUT2D eigenvalue weighted by atomic mass is 16.4. The maximum atomic E-state index is 12.3. The number of fused-ring (bicyclic) bond motifs is 1. The lowest BCUT2D eigenvalue weighted by Gasteiger charge is -2.28. The summed E-state index contributed by atoms with van der Waals surface area (Å²) in [5, 5.41) is 22.1. The van der Waals surface area contributed by atoms with Gasteiger partial charge in [0.2, 0.25) is 0 Å². The van der Waals surface area contributed by atoms with Crippen LogP contribution in [0.5, 0.6) is 0 Å². The van der Waals surface area contributed by atoms with Crippen molar-refractivity contribution in [3.63, 3.8) is 0 Å². The number of hydrogen-bond donors (Lipinski definition) is 0. The van der Waals surface area contributed by atoms with Gasteiger partial charge in [-0.05, 0) is 30.0 Å². The molecule has 0 spiro atoms. The minimum absolute atomic E-state index is 0.0231. The molecule has 1 atom stereocenters. The molecule has 1 aliphatic heterocycles. The first-order chi connectivity index (χ1) is 10.2. The van der Waals surface area contributed by atoms with Crippen LogP contribution in [0.3, 0.4) is 0 Å². The Balaban J connectivity index is 2.45. The molecule has 0 saturated carbocycles. The van der Waals surface area contributed by atoms with Crippen molar-refractivity contribution < 1.29 is 29.4 Å². The molecular weight excluding hydrogens is 290 g/mol. The molecule has 0 radical (unpaired) electrons. The first-order valence-electron chi connectivity index (χ1n) is 6.68. The second-order valence-electron chi connectivity index (χ2n) is 5.49. The third kappa shape index (κ3) is 2.57. The van der Waals surface area contributed by atoms with E-state index in [2.05, 4.69) is 0 Å². The van der Waals surface area contributed by atoms with E-state index in [0.29, 0.717) is 4.90 Å². The predicted octanol–water partition coefficient (Wildman–Crippen LogP) is -1.19. The Kier molecular flexibility index (Phi) is 3.99. The minimum atomic E-state index is -1.52. The zero-order chi connectivity index (χ0) is 16.6. The zero-order valence-corrected chi connectivity index (χ0v) is 12.0. The van der Waals surface area contributed by atoms with Crippen molar-refractivity contribution in [2.45, 2.75) is 26.3 Å². The fourth-order valence-electron chi connectivity index (χ4n) is 2.42. The van der Waals surface area contributed by atoms with Gasteiger partial charge in [0, 0.05) is 0 Å². The van der Waals surface area contributed by atoms with Crippen molar-refractivity contribution >= 4 is 23.8 Å². The first-order valence-corrected chi connectivity index (χ1v) is 6.68. The Morgan fingerprint density at radius 1 is 1.09 bits per heavy atom. The topological polar surface area (TPSA) is 118 Å². The van der Waals surface area contributed by atoms with Gasteiger partial charge in [0.25, 0.3) is 11.8 Å². The lowest BCUT2D eigenvalue weighted by molar-refractivity contribution is -0.310. The van der Waals surface area contributed by atoms with Gasteiger partial charge in [-0.3, -0.25) is 14.5 Å². The summed E-state index contributed by atoms with van der Waals surface area (Å²) in [4.78, 5) is 47.3. The molecule has 0 aromatic heterocycles. The Bertz CT molecular complexity index is 679. The molecule has 0 aliphatic carbocycles. The maximum absolute atomic E-state index is 12.3. The number of benzene rings is 1. The van der Waals surface area contributed by atoms with Crippen LogP contribution >= 0.6 is 0 Å². The van der Waals surface area contributed by atoms with Crippen LogP contribution in [-0.4, -0.2) is 34.7 Å². The number of amides is 2. The van der Waals surface area contributed by atoms with Gasteiger partial charge in [-0.1, -0.05) is 19.9 Å². The number of carbonyl (C=O) groups is 4. The number of hydrogen-bond acceptors (Lipinski definition) is 6. The van der Waals surface area contributed by atoms with Crippen molar-refractivity contribution in [1.29, 1.82) is 0 Å². The molecule has 7 heteroatoms. The summed E-state index contributed by atoms with van der Waals surface area (Å²) < 4.78 is 0. The maximum Gasteiger partial charge on any atom is 0.262 e. The molecule has 0 saturated heterocycles. The average molecular weight is 303 g/mol. The van der Waals surface area contributed by atoms with Gasteiger partial charge in [-0.25, -0.2) is 0 Å². The normalized spacial score (nSPS) is 15.1. The van der Waals surface area contributed by atoms with Gasteiger partial charge >= 0.3 is 0 Å². The molecule has 0 N–H and O–H groups in total. The van der Waals surface area contributed by atoms with E-state index in [9.17, 15) is 29.4 Å². The van der Waals surface area contributed by atoms with Crippen LogP contribution in [0.25, 0.3) is 0 Å². The van der Waals surface area contributed by atoms with Gasteiger partial charge in [0.1, 0.15) is 0 Å². The first kappa shape index (κ1) is 15.7. The van der Waals surface area contributed by atoms with E-state index in [1.54, 1.807) is 13.8 Å². The quantitative estimate of drug-likeness (QED) is 0.631. The molecule has 7 nitrogen and oxygen atoms in total. The van der Waals surface area contributed by atoms with Gasteiger partial charge in [-0.2, -0.15) is 0 Å². The van der Waals surface area contributed by atoms with Crippen molar-refractivity contribution in [2.24, 2.45) is 5.92 Å². The number of carbonyl (C=O) groups excluding carboxylic acids is 4. The van der Waals surface area contributed by atoms with Crippen molar-refractivity contribution in [3.05, 3.63) is 34.9 Å². The molecule has 2 rings (SSSR count). The molecule has 1 aliphatic rings. The van der Waals surface area contributed by atoms with Crippen molar-refractivity contribution in [3.8, 4) is 0 Å². The van der Waals surface area contributed by atoms with Crippen LogP contribution < -0.4 is 10.2 Å². The number of carboxylic acid groups (broad SMARTS) is 2. The van der Waals surface area contributed by atoms with Crippen LogP contribution in [0.4, 0.5) is 0 Å². The van der Waals surface area contributed by atoms with E-state index in [4.69, 9.17) is 0 Å². The van der Waals surface area contributed by atoms with Crippen molar-refractivity contribution in [2.75, 3.05) is 0 Å². The number of rotatable bonds is 5. The van der Waals surface area contributed by atoms with Crippen LogP contribution in [0.1, 0.15) is 51.3 Å². The summed E-state index contributed by atoms with van der Waals surface area (Å²) in [6.45, 7) is 3.50. The minimum Gasteiger partial charge on any atom is -0.548 e. The lowest BCUT2D eigenvalue weighted by Crippen LogP contribution is -2.51. The Morgan fingerprint density at radius 2 is 1.68 bits per heavy atom. The summed E-state index contributed by atoms with van der Waals surface area (Å²) >= 11 is 0. The molecule has 0 fully saturated rings.